The van der Waals surface area contributed by atoms with Crippen LogP contribution in [-0.2, 0) is 11.2 Å². The molecule has 4 aromatic heterocycles. The number of imidazole rings is 1. The van der Waals surface area contributed by atoms with Gasteiger partial charge in [-0.05, 0) is 38.3 Å². The highest BCUT2D eigenvalue weighted by molar-refractivity contribution is 6.04. The number of aryl methyl sites for hydroxylation is 2. The molecule has 0 spiro atoms. The van der Waals surface area contributed by atoms with Gasteiger partial charge in [-0.1, -0.05) is 0 Å². The number of hydrogen-bond donors (Lipinski definition) is 2. The number of aromatic nitrogens is 4. The quantitative estimate of drug-likeness (QED) is 0.412. The van der Waals surface area contributed by atoms with E-state index in [-0.39, 0.29) is 18.0 Å². The van der Waals surface area contributed by atoms with Gasteiger partial charge in [-0.25, -0.2) is 9.97 Å². The van der Waals surface area contributed by atoms with Crippen molar-refractivity contribution in [2.45, 2.75) is 39.0 Å². The van der Waals surface area contributed by atoms with Gasteiger partial charge in [0.25, 0.3) is 5.91 Å². The van der Waals surface area contributed by atoms with E-state index in [0.29, 0.717) is 29.3 Å². The van der Waals surface area contributed by atoms with Crippen LogP contribution in [0.3, 0.4) is 0 Å². The number of aliphatic carboxylic acids is 1. The number of carboxylic acids is 1. The average Bonchev–Trinajstić information content (AvgIpc) is 3.50. The lowest BCUT2D eigenvalue weighted by atomic mass is 10.1. The molecule has 0 aliphatic carbocycles. The predicted octanol–water partition coefficient (Wildman–Crippen LogP) is 3.95. The van der Waals surface area contributed by atoms with E-state index in [2.05, 4.69) is 25.2 Å². The summed E-state index contributed by atoms with van der Waals surface area (Å²) in [5.41, 5.74) is 4.67. The molecule has 5 heterocycles. The number of carbonyl (C=O) groups is 2. The molecule has 35 heavy (non-hydrogen) atoms. The standard InChI is InChI=1S/C25H26N6O4/c1-16-11-17(7-8-26-16)25-29-20(15-35-25)24(34)28-19-14-31-13-18(5-6-23(32)33)27-22(31)12-21(19)30-9-3-2-4-10-30/h7-8,11-15H,2-6,9-10H2,1H3,(H,28,34)(H,32,33). The minimum Gasteiger partial charge on any atom is -0.481 e. The number of hydrogen-bond acceptors (Lipinski definition) is 7. The molecule has 1 aliphatic heterocycles. The van der Waals surface area contributed by atoms with Crippen molar-refractivity contribution in [2.75, 3.05) is 23.3 Å². The van der Waals surface area contributed by atoms with Crippen LogP contribution in [0, 0.1) is 6.92 Å². The zero-order valence-corrected chi connectivity index (χ0v) is 19.4. The maximum atomic E-state index is 13.1. The SMILES string of the molecule is Cc1cc(-c2nc(C(=O)Nc3cn4cc(CCC(=O)O)nc4cc3N3CCCCC3)co2)ccn1. The molecule has 5 rings (SSSR count). The molecule has 2 N–H and O–H groups in total. The summed E-state index contributed by atoms with van der Waals surface area (Å²) < 4.78 is 7.37. The third-order valence-corrected chi connectivity index (χ3v) is 6.04. The summed E-state index contributed by atoms with van der Waals surface area (Å²) in [5.74, 6) is -0.891. The molecule has 0 atom stereocenters. The Labute approximate surface area is 201 Å². The summed E-state index contributed by atoms with van der Waals surface area (Å²) >= 11 is 0. The molecule has 10 nitrogen and oxygen atoms in total. The normalized spacial score (nSPS) is 13.8. The lowest BCUT2D eigenvalue weighted by Crippen LogP contribution is -2.30. The number of pyridine rings is 2. The van der Waals surface area contributed by atoms with Crippen molar-refractivity contribution in [2.24, 2.45) is 0 Å². The first-order valence-corrected chi connectivity index (χ1v) is 11.6. The molecule has 1 saturated heterocycles. The third kappa shape index (κ3) is 5.01. The average molecular weight is 475 g/mol. The zero-order chi connectivity index (χ0) is 24.4. The molecule has 1 fully saturated rings. The molecule has 0 aromatic carbocycles. The number of oxazole rings is 1. The number of nitrogens with one attached hydrogen (secondary N) is 1. The number of amides is 1. The van der Waals surface area contributed by atoms with Gasteiger partial charge in [0.15, 0.2) is 5.69 Å². The maximum Gasteiger partial charge on any atom is 0.303 e. The number of fused-ring (bicyclic) bond motifs is 1. The van der Waals surface area contributed by atoms with Crippen molar-refractivity contribution >= 4 is 28.9 Å². The van der Waals surface area contributed by atoms with Gasteiger partial charge in [0.05, 0.1) is 23.5 Å². The topological polar surface area (TPSA) is 126 Å². The molecule has 1 aliphatic rings. The van der Waals surface area contributed by atoms with Crippen molar-refractivity contribution in [3.8, 4) is 11.5 Å². The van der Waals surface area contributed by atoms with Crippen LogP contribution in [0.1, 0.15) is 47.6 Å². The van der Waals surface area contributed by atoms with E-state index in [0.717, 1.165) is 42.9 Å². The lowest BCUT2D eigenvalue weighted by molar-refractivity contribution is -0.136. The fourth-order valence-corrected chi connectivity index (χ4v) is 4.30. The third-order valence-electron chi connectivity index (χ3n) is 6.04. The van der Waals surface area contributed by atoms with Crippen LogP contribution in [-0.4, -0.2) is 49.4 Å². The van der Waals surface area contributed by atoms with E-state index in [1.54, 1.807) is 18.5 Å². The molecule has 4 aromatic rings. The first-order chi connectivity index (χ1) is 17.0. The van der Waals surface area contributed by atoms with E-state index in [1.807, 2.05) is 29.7 Å². The predicted molar refractivity (Wildman–Crippen MR) is 130 cm³/mol. The molecular weight excluding hydrogens is 448 g/mol. The Morgan fingerprint density at radius 3 is 2.74 bits per heavy atom. The summed E-state index contributed by atoms with van der Waals surface area (Å²) in [5, 5.41) is 12.0. The molecular formula is C25H26N6O4. The fourth-order valence-electron chi connectivity index (χ4n) is 4.30. The van der Waals surface area contributed by atoms with Crippen molar-refractivity contribution < 1.29 is 19.1 Å². The van der Waals surface area contributed by atoms with Crippen LogP contribution in [0.25, 0.3) is 17.1 Å². The maximum absolute atomic E-state index is 13.1. The van der Waals surface area contributed by atoms with E-state index < -0.39 is 5.97 Å². The van der Waals surface area contributed by atoms with Crippen LogP contribution >= 0.6 is 0 Å². The lowest BCUT2D eigenvalue weighted by Gasteiger charge is -2.30. The monoisotopic (exact) mass is 474 g/mol. The van der Waals surface area contributed by atoms with E-state index in [9.17, 15) is 9.59 Å². The zero-order valence-electron chi connectivity index (χ0n) is 19.4. The van der Waals surface area contributed by atoms with Crippen LogP contribution in [0.5, 0.6) is 0 Å². The second kappa shape index (κ2) is 9.57. The van der Waals surface area contributed by atoms with Crippen LogP contribution in [0.2, 0.25) is 0 Å². The van der Waals surface area contributed by atoms with Gasteiger partial charge in [-0.15, -0.1) is 0 Å². The number of carboxylic acid groups (broad SMARTS) is 1. The Morgan fingerprint density at radius 2 is 1.97 bits per heavy atom. The molecule has 0 bridgehead atoms. The Kier molecular flexibility index (Phi) is 6.17. The van der Waals surface area contributed by atoms with Crippen molar-refractivity contribution in [1.29, 1.82) is 0 Å². The van der Waals surface area contributed by atoms with E-state index in [1.165, 1.54) is 12.7 Å². The molecule has 10 heteroatoms. The van der Waals surface area contributed by atoms with Gasteiger partial charge in [-0.3, -0.25) is 14.6 Å². The van der Waals surface area contributed by atoms with Gasteiger partial charge in [0.1, 0.15) is 11.9 Å². The molecule has 0 saturated carbocycles. The molecule has 1 amide bonds. The Morgan fingerprint density at radius 1 is 1.14 bits per heavy atom. The van der Waals surface area contributed by atoms with Crippen molar-refractivity contribution in [3.05, 3.63) is 60.1 Å². The Hall–Kier alpha value is -4.21. The van der Waals surface area contributed by atoms with Crippen LogP contribution in [0.4, 0.5) is 11.4 Å². The van der Waals surface area contributed by atoms with Crippen LogP contribution < -0.4 is 10.2 Å². The Bertz CT molecular complexity index is 1390. The van der Waals surface area contributed by atoms with Gasteiger partial charge < -0.3 is 24.1 Å². The second-order valence-electron chi connectivity index (χ2n) is 8.69. The summed E-state index contributed by atoms with van der Waals surface area (Å²) in [7, 11) is 0. The largest absolute Gasteiger partial charge is 0.481 e. The highest BCUT2D eigenvalue weighted by atomic mass is 16.4. The highest BCUT2D eigenvalue weighted by Gasteiger charge is 2.20. The number of anilines is 2. The Balaban J connectivity index is 1.44. The summed E-state index contributed by atoms with van der Waals surface area (Å²) in [4.78, 5) is 39.5. The fraction of sp³-hybridized carbons (Fsp3) is 0.320. The molecule has 0 radical (unpaired) electrons. The summed E-state index contributed by atoms with van der Waals surface area (Å²) in [6, 6.07) is 5.57. The smallest absolute Gasteiger partial charge is 0.303 e. The van der Waals surface area contributed by atoms with E-state index >= 15 is 0 Å². The van der Waals surface area contributed by atoms with Gasteiger partial charge in [0, 0.05) is 55.4 Å². The second-order valence-corrected chi connectivity index (χ2v) is 8.69. The van der Waals surface area contributed by atoms with Gasteiger partial charge in [-0.2, -0.15) is 0 Å². The molecule has 0 unspecified atom stereocenters. The number of rotatable bonds is 7. The van der Waals surface area contributed by atoms with Gasteiger partial charge in [0.2, 0.25) is 5.89 Å². The minimum atomic E-state index is -0.863. The first-order valence-electron chi connectivity index (χ1n) is 11.6. The number of nitrogens with zero attached hydrogens (tertiary/aromatic N) is 5. The van der Waals surface area contributed by atoms with Gasteiger partial charge >= 0.3 is 5.97 Å². The summed E-state index contributed by atoms with van der Waals surface area (Å²) in [6.07, 6.45) is 10.3. The summed E-state index contributed by atoms with van der Waals surface area (Å²) in [6.45, 7) is 3.66. The number of piperidine rings is 1. The number of carbonyl (C=O) groups excluding carboxylic acids is 1. The minimum absolute atomic E-state index is 0.0119. The first kappa shape index (κ1) is 22.6. The molecule has 180 valence electrons. The van der Waals surface area contributed by atoms with Crippen molar-refractivity contribution in [1.82, 2.24) is 19.4 Å². The van der Waals surface area contributed by atoms with Crippen LogP contribution in [0.15, 0.2) is 47.5 Å². The highest BCUT2D eigenvalue weighted by Crippen LogP contribution is 2.31. The van der Waals surface area contributed by atoms with Crippen molar-refractivity contribution in [3.63, 3.8) is 0 Å². The van der Waals surface area contributed by atoms with E-state index in [4.69, 9.17) is 9.52 Å².